The maximum Gasteiger partial charge on any atom is 0.246 e. The number of hydrogen-bond donors (Lipinski definition) is 4. The van der Waals surface area contributed by atoms with Gasteiger partial charge in [-0.25, -0.2) is 13.8 Å². The number of aromatic hydroxyl groups is 2. The quantitative estimate of drug-likeness (QED) is 0.203. The first-order valence-corrected chi connectivity index (χ1v) is 13.0. The monoisotopic (exact) mass is 460 g/mol. The molecule has 176 valence electrons. The fourth-order valence-corrected chi connectivity index (χ4v) is 4.27. The van der Waals surface area contributed by atoms with Crippen molar-refractivity contribution < 1.29 is 18.6 Å². The van der Waals surface area contributed by atoms with E-state index >= 15 is 0 Å². The molecule has 0 aliphatic rings. The van der Waals surface area contributed by atoms with E-state index in [1.807, 2.05) is 30.3 Å². The van der Waals surface area contributed by atoms with Crippen LogP contribution in [0.1, 0.15) is 81.9 Å². The normalized spacial score (nSPS) is 12.9. The maximum atomic E-state index is 12.4. The Balaban J connectivity index is 1.88. The molecular formula is C25H36N2O4S. The van der Waals surface area contributed by atoms with Gasteiger partial charge in [0, 0.05) is 17.0 Å². The summed E-state index contributed by atoms with van der Waals surface area (Å²) >= 11 is 0. The molecule has 2 aromatic rings. The van der Waals surface area contributed by atoms with Gasteiger partial charge in [0.15, 0.2) is 0 Å². The van der Waals surface area contributed by atoms with Crippen LogP contribution in [0.25, 0.3) is 0 Å². The molecule has 1 unspecified atom stereocenters. The van der Waals surface area contributed by atoms with E-state index in [4.69, 9.17) is 0 Å². The second-order valence-electron chi connectivity index (χ2n) is 8.01. The number of phenolic OH excluding ortho intramolecular Hbond substituents is 2. The zero-order valence-corrected chi connectivity index (χ0v) is 19.7. The van der Waals surface area contributed by atoms with Crippen molar-refractivity contribution >= 4 is 10.0 Å². The summed E-state index contributed by atoms with van der Waals surface area (Å²) in [7, 11) is -3.69. The molecule has 1 atom stereocenters. The predicted octanol–water partition coefficient (Wildman–Crippen LogP) is 5.66. The lowest BCUT2D eigenvalue weighted by atomic mass is 9.98. The van der Waals surface area contributed by atoms with E-state index in [1.165, 1.54) is 56.1 Å². The minimum atomic E-state index is -3.69. The highest BCUT2D eigenvalue weighted by Gasteiger charge is 2.19. The molecule has 4 N–H and O–H groups in total. The summed E-state index contributed by atoms with van der Waals surface area (Å²) < 4.78 is 24.8. The number of sulfonamides is 1. The largest absolute Gasteiger partial charge is 0.508 e. The average molecular weight is 461 g/mol. The number of rotatable bonds is 15. The van der Waals surface area contributed by atoms with Gasteiger partial charge < -0.3 is 10.2 Å². The van der Waals surface area contributed by atoms with Crippen LogP contribution in [-0.4, -0.2) is 18.6 Å². The van der Waals surface area contributed by atoms with Crippen LogP contribution >= 0.6 is 0 Å². The molecule has 0 aliphatic carbocycles. The zero-order valence-electron chi connectivity index (χ0n) is 18.8. The molecule has 2 aromatic carbocycles. The van der Waals surface area contributed by atoms with Crippen molar-refractivity contribution in [3.8, 4) is 11.5 Å². The van der Waals surface area contributed by atoms with Gasteiger partial charge in [-0.2, -0.15) is 0 Å². The fourth-order valence-electron chi connectivity index (χ4n) is 3.53. The molecule has 6 nitrogen and oxygen atoms in total. The number of hydrazine groups is 1. The lowest BCUT2D eigenvalue weighted by Gasteiger charge is -2.21. The number of nitrogens with one attached hydrogen (secondary N) is 2. The molecular weight excluding hydrogens is 424 g/mol. The first kappa shape index (κ1) is 25.9. The van der Waals surface area contributed by atoms with E-state index in [9.17, 15) is 18.6 Å². The molecule has 0 radical (unpaired) electrons. The number of allylic oxidation sites excluding steroid dienone is 1. The molecule has 2 rings (SSSR count). The van der Waals surface area contributed by atoms with Crippen molar-refractivity contribution in [3.63, 3.8) is 0 Å². The van der Waals surface area contributed by atoms with E-state index in [0.717, 1.165) is 24.8 Å². The van der Waals surface area contributed by atoms with Crippen molar-refractivity contribution in [2.75, 3.05) is 0 Å². The van der Waals surface area contributed by atoms with E-state index < -0.39 is 16.1 Å². The Morgan fingerprint density at radius 1 is 0.906 bits per heavy atom. The van der Waals surface area contributed by atoms with Crippen molar-refractivity contribution in [1.29, 1.82) is 0 Å². The van der Waals surface area contributed by atoms with E-state index in [1.54, 1.807) is 12.1 Å². The third-order valence-corrected chi connectivity index (χ3v) is 6.26. The van der Waals surface area contributed by atoms with Crippen LogP contribution in [0.4, 0.5) is 0 Å². The Morgan fingerprint density at radius 2 is 1.56 bits per heavy atom. The molecule has 0 fully saturated rings. The highest BCUT2D eigenvalue weighted by atomic mass is 32.2. The summed E-state index contributed by atoms with van der Waals surface area (Å²) in [5, 5.41) is 21.0. The molecule has 0 bridgehead atoms. The first-order chi connectivity index (χ1) is 15.4. The number of benzene rings is 2. The van der Waals surface area contributed by atoms with Crippen LogP contribution in [0.2, 0.25) is 0 Å². The van der Waals surface area contributed by atoms with Crippen molar-refractivity contribution in [2.24, 2.45) is 0 Å². The van der Waals surface area contributed by atoms with E-state index in [2.05, 4.69) is 17.2 Å². The van der Waals surface area contributed by atoms with Gasteiger partial charge in [0.2, 0.25) is 10.0 Å². The van der Waals surface area contributed by atoms with Crippen LogP contribution < -0.4 is 10.3 Å². The molecule has 0 spiro atoms. The van der Waals surface area contributed by atoms with Crippen molar-refractivity contribution in [1.82, 2.24) is 10.3 Å². The lowest BCUT2D eigenvalue weighted by Crippen LogP contribution is -2.39. The predicted molar refractivity (Wildman–Crippen MR) is 130 cm³/mol. The molecule has 0 aromatic heterocycles. The topological polar surface area (TPSA) is 98.7 Å². The molecule has 0 amide bonds. The Bertz CT molecular complexity index is 930. The molecule has 7 heteroatoms. The minimum Gasteiger partial charge on any atom is -0.508 e. The SMILES string of the molecule is CCCCCCCCCCC=CS(=O)(=O)NNC(c1ccccc1)c1ccc(O)cc1O. The van der Waals surface area contributed by atoms with Crippen LogP contribution in [0.3, 0.4) is 0 Å². The van der Waals surface area contributed by atoms with Gasteiger partial charge in [-0.3, -0.25) is 0 Å². The van der Waals surface area contributed by atoms with Gasteiger partial charge in [-0.15, -0.1) is 4.83 Å². The first-order valence-electron chi connectivity index (χ1n) is 11.4. The summed E-state index contributed by atoms with van der Waals surface area (Å²) in [6.45, 7) is 2.21. The third kappa shape index (κ3) is 9.42. The third-order valence-electron chi connectivity index (χ3n) is 5.30. The Labute approximate surface area is 192 Å². The highest BCUT2D eigenvalue weighted by molar-refractivity contribution is 7.92. The number of unbranched alkanes of at least 4 members (excludes halogenated alkanes) is 8. The second kappa shape index (κ2) is 13.9. The smallest absolute Gasteiger partial charge is 0.246 e. The molecule has 0 saturated heterocycles. The van der Waals surface area contributed by atoms with Crippen LogP contribution in [0, 0.1) is 0 Å². The van der Waals surface area contributed by atoms with E-state index in [-0.39, 0.29) is 11.5 Å². The Kier molecular flexibility index (Phi) is 11.3. The fraction of sp³-hybridized carbons (Fsp3) is 0.440. The zero-order chi connectivity index (χ0) is 23.2. The standard InChI is InChI=1S/C25H36N2O4S/c1-2-3-4-5-6-7-8-9-10-14-19-32(30,31)27-26-25(21-15-12-11-13-16-21)23-18-17-22(28)20-24(23)29/h11-20,25-29H,2-10H2,1H3. The van der Waals surface area contributed by atoms with E-state index in [0.29, 0.717) is 5.56 Å². The number of phenols is 2. The van der Waals surface area contributed by atoms with Crippen molar-refractivity contribution in [2.45, 2.75) is 70.8 Å². The van der Waals surface area contributed by atoms with Gasteiger partial charge in [0.25, 0.3) is 0 Å². The molecule has 32 heavy (non-hydrogen) atoms. The van der Waals surface area contributed by atoms with Crippen LogP contribution in [0.15, 0.2) is 60.0 Å². The highest BCUT2D eigenvalue weighted by Crippen LogP contribution is 2.31. The van der Waals surface area contributed by atoms with Crippen LogP contribution in [0.5, 0.6) is 11.5 Å². The van der Waals surface area contributed by atoms with Gasteiger partial charge in [0.05, 0.1) is 6.04 Å². The summed E-state index contributed by atoms with van der Waals surface area (Å²) in [6, 6.07) is 12.8. The van der Waals surface area contributed by atoms with Gasteiger partial charge in [-0.05, 0) is 30.5 Å². The molecule has 0 heterocycles. The van der Waals surface area contributed by atoms with Crippen molar-refractivity contribution in [3.05, 3.63) is 71.1 Å². The van der Waals surface area contributed by atoms with Gasteiger partial charge in [-0.1, -0.05) is 88.3 Å². The lowest BCUT2D eigenvalue weighted by molar-refractivity contribution is 0.436. The summed E-state index contributed by atoms with van der Waals surface area (Å²) in [4.78, 5) is 2.39. The van der Waals surface area contributed by atoms with Gasteiger partial charge >= 0.3 is 0 Å². The average Bonchev–Trinajstić information content (AvgIpc) is 2.77. The Hall–Kier alpha value is -2.35. The number of hydrogen-bond acceptors (Lipinski definition) is 5. The summed E-state index contributed by atoms with van der Waals surface area (Å²) in [5.41, 5.74) is 4.01. The van der Waals surface area contributed by atoms with Crippen LogP contribution in [-0.2, 0) is 10.0 Å². The molecule has 0 aliphatic heterocycles. The minimum absolute atomic E-state index is 0.0671. The second-order valence-corrected chi connectivity index (χ2v) is 9.58. The Morgan fingerprint density at radius 3 is 2.22 bits per heavy atom. The maximum absolute atomic E-state index is 12.4. The molecule has 0 saturated carbocycles. The van der Waals surface area contributed by atoms with Gasteiger partial charge in [0.1, 0.15) is 11.5 Å². The summed E-state index contributed by atoms with van der Waals surface area (Å²) in [5.74, 6) is -0.196. The summed E-state index contributed by atoms with van der Waals surface area (Å²) in [6.07, 6.45) is 12.1.